The number of hydrogen-bond acceptors (Lipinski definition) is 3. The van der Waals surface area contributed by atoms with E-state index in [9.17, 15) is 14.7 Å². The highest BCUT2D eigenvalue weighted by Crippen LogP contribution is 2.10. The van der Waals surface area contributed by atoms with Gasteiger partial charge in [0.25, 0.3) is 5.91 Å². The Labute approximate surface area is 106 Å². The largest absolute Gasteiger partial charge is 0.508 e. The number of aromatic hydroxyl groups is 1. The van der Waals surface area contributed by atoms with Gasteiger partial charge in [0.1, 0.15) is 5.75 Å². The molecule has 0 spiro atoms. The van der Waals surface area contributed by atoms with E-state index in [1.165, 1.54) is 17.0 Å². The number of nitrogens with one attached hydrogen (secondary N) is 2. The molecule has 1 rings (SSSR count). The number of carbonyl (C=O) groups is 2. The van der Waals surface area contributed by atoms with E-state index in [0.717, 1.165) is 0 Å². The second-order valence-corrected chi connectivity index (χ2v) is 3.93. The van der Waals surface area contributed by atoms with Crippen molar-refractivity contribution in [2.24, 2.45) is 0 Å². The molecule has 0 radical (unpaired) electrons. The zero-order valence-corrected chi connectivity index (χ0v) is 10.4. The van der Waals surface area contributed by atoms with E-state index in [2.05, 4.69) is 10.6 Å². The first-order valence-electron chi connectivity index (χ1n) is 5.53. The molecular weight excluding hydrogens is 234 g/mol. The van der Waals surface area contributed by atoms with Gasteiger partial charge in [-0.2, -0.15) is 0 Å². The fourth-order valence-electron chi connectivity index (χ4n) is 1.25. The summed E-state index contributed by atoms with van der Waals surface area (Å²) in [5.74, 6) is -0.242. The second kappa shape index (κ2) is 6.48. The Bertz CT molecular complexity index is 432. The standard InChI is InChI=1S/C12H17N3O3/c1-15(2)12(18)14-7-6-13-11(17)9-4-3-5-10(16)8-9/h3-5,8,16H,6-7H2,1-2H3,(H,13,17)(H,14,18). The summed E-state index contributed by atoms with van der Waals surface area (Å²) >= 11 is 0. The van der Waals surface area contributed by atoms with Crippen LogP contribution in [0, 0.1) is 0 Å². The van der Waals surface area contributed by atoms with Gasteiger partial charge in [0.2, 0.25) is 0 Å². The topological polar surface area (TPSA) is 81.7 Å². The molecule has 0 aromatic heterocycles. The molecule has 0 aliphatic rings. The van der Waals surface area contributed by atoms with E-state index >= 15 is 0 Å². The number of benzene rings is 1. The molecule has 0 saturated carbocycles. The summed E-state index contributed by atoms with van der Waals surface area (Å²) in [6, 6.07) is 5.87. The predicted molar refractivity (Wildman–Crippen MR) is 67.5 cm³/mol. The number of amides is 3. The highest BCUT2D eigenvalue weighted by atomic mass is 16.3. The van der Waals surface area contributed by atoms with Gasteiger partial charge in [0.05, 0.1) is 0 Å². The fraction of sp³-hybridized carbons (Fsp3) is 0.333. The van der Waals surface area contributed by atoms with Crippen molar-refractivity contribution < 1.29 is 14.7 Å². The van der Waals surface area contributed by atoms with Crippen molar-refractivity contribution >= 4 is 11.9 Å². The third-order valence-electron chi connectivity index (χ3n) is 2.20. The van der Waals surface area contributed by atoms with Crippen molar-refractivity contribution in [1.29, 1.82) is 0 Å². The van der Waals surface area contributed by atoms with Crippen LogP contribution in [0.5, 0.6) is 5.75 Å². The van der Waals surface area contributed by atoms with Crippen LogP contribution in [-0.4, -0.2) is 49.1 Å². The number of nitrogens with zero attached hydrogens (tertiary/aromatic N) is 1. The molecule has 0 aliphatic heterocycles. The number of phenolic OH excluding ortho intramolecular Hbond substituents is 1. The summed E-state index contributed by atoms with van der Waals surface area (Å²) in [6.07, 6.45) is 0. The zero-order chi connectivity index (χ0) is 13.5. The third-order valence-corrected chi connectivity index (χ3v) is 2.20. The molecule has 1 aromatic carbocycles. The highest BCUT2D eigenvalue weighted by Gasteiger charge is 2.06. The maximum Gasteiger partial charge on any atom is 0.316 e. The van der Waals surface area contributed by atoms with Gasteiger partial charge in [0.15, 0.2) is 0 Å². The van der Waals surface area contributed by atoms with Crippen LogP contribution in [0.15, 0.2) is 24.3 Å². The smallest absolute Gasteiger partial charge is 0.316 e. The molecule has 0 atom stereocenters. The molecule has 0 bridgehead atoms. The third kappa shape index (κ3) is 4.32. The molecule has 0 heterocycles. The Kier molecular flexibility index (Phi) is 4.98. The van der Waals surface area contributed by atoms with Crippen molar-refractivity contribution in [2.75, 3.05) is 27.2 Å². The molecule has 0 saturated heterocycles. The van der Waals surface area contributed by atoms with Crippen LogP contribution in [0.1, 0.15) is 10.4 Å². The highest BCUT2D eigenvalue weighted by molar-refractivity contribution is 5.94. The van der Waals surface area contributed by atoms with Crippen LogP contribution in [0.3, 0.4) is 0 Å². The number of carbonyl (C=O) groups excluding carboxylic acids is 2. The van der Waals surface area contributed by atoms with Gasteiger partial charge in [-0.05, 0) is 18.2 Å². The molecule has 6 heteroatoms. The first kappa shape index (κ1) is 13.8. The lowest BCUT2D eigenvalue weighted by atomic mass is 10.2. The quantitative estimate of drug-likeness (QED) is 0.677. The Hall–Kier alpha value is -2.24. The minimum Gasteiger partial charge on any atom is -0.508 e. The van der Waals surface area contributed by atoms with E-state index in [0.29, 0.717) is 18.7 Å². The van der Waals surface area contributed by atoms with Crippen LogP contribution < -0.4 is 10.6 Å². The summed E-state index contributed by atoms with van der Waals surface area (Å²) in [7, 11) is 3.28. The van der Waals surface area contributed by atoms with Crippen molar-refractivity contribution in [3.8, 4) is 5.75 Å². The number of urea groups is 1. The monoisotopic (exact) mass is 251 g/mol. The second-order valence-electron chi connectivity index (χ2n) is 3.93. The molecular formula is C12H17N3O3. The lowest BCUT2D eigenvalue weighted by molar-refractivity contribution is 0.0953. The summed E-state index contributed by atoms with van der Waals surface area (Å²) < 4.78 is 0. The summed E-state index contributed by atoms with van der Waals surface area (Å²) in [5, 5.41) is 14.5. The van der Waals surface area contributed by atoms with Crippen molar-refractivity contribution in [1.82, 2.24) is 15.5 Å². The molecule has 1 aromatic rings. The Morgan fingerprint density at radius 1 is 1.22 bits per heavy atom. The van der Waals surface area contributed by atoms with Crippen molar-refractivity contribution in [3.63, 3.8) is 0 Å². The van der Waals surface area contributed by atoms with Gasteiger partial charge in [-0.25, -0.2) is 4.79 Å². The van der Waals surface area contributed by atoms with Gasteiger partial charge < -0.3 is 20.6 Å². The zero-order valence-electron chi connectivity index (χ0n) is 10.4. The van der Waals surface area contributed by atoms with Crippen LogP contribution in [0.2, 0.25) is 0 Å². The fourth-order valence-corrected chi connectivity index (χ4v) is 1.25. The summed E-state index contributed by atoms with van der Waals surface area (Å²) in [6.45, 7) is 0.676. The molecule has 18 heavy (non-hydrogen) atoms. The van der Waals surface area contributed by atoms with Gasteiger partial charge in [-0.1, -0.05) is 6.07 Å². The maximum absolute atomic E-state index is 11.6. The summed E-state index contributed by atoms with van der Waals surface area (Å²) in [4.78, 5) is 24.2. The first-order valence-corrected chi connectivity index (χ1v) is 5.53. The normalized spacial score (nSPS) is 9.67. The Morgan fingerprint density at radius 2 is 1.89 bits per heavy atom. The molecule has 98 valence electrons. The summed E-state index contributed by atoms with van der Waals surface area (Å²) in [5.41, 5.74) is 0.383. The lowest BCUT2D eigenvalue weighted by Crippen LogP contribution is -2.39. The first-order chi connectivity index (χ1) is 8.50. The average molecular weight is 251 g/mol. The van der Waals surface area contributed by atoms with E-state index in [1.807, 2.05) is 0 Å². The maximum atomic E-state index is 11.6. The molecule has 6 nitrogen and oxygen atoms in total. The van der Waals surface area contributed by atoms with E-state index in [1.54, 1.807) is 26.2 Å². The van der Waals surface area contributed by atoms with Crippen LogP contribution in [-0.2, 0) is 0 Å². The number of rotatable bonds is 4. The number of phenols is 1. The molecule has 0 aliphatic carbocycles. The lowest BCUT2D eigenvalue weighted by Gasteiger charge is -2.12. The number of hydrogen-bond donors (Lipinski definition) is 3. The molecule has 3 amide bonds. The molecule has 0 fully saturated rings. The van der Waals surface area contributed by atoms with Crippen LogP contribution in [0.4, 0.5) is 4.79 Å². The van der Waals surface area contributed by atoms with E-state index < -0.39 is 0 Å². The molecule has 0 unspecified atom stereocenters. The Morgan fingerprint density at radius 3 is 2.50 bits per heavy atom. The van der Waals surface area contributed by atoms with Crippen LogP contribution >= 0.6 is 0 Å². The van der Waals surface area contributed by atoms with Gasteiger partial charge in [-0.15, -0.1) is 0 Å². The predicted octanol–water partition coefficient (Wildman–Crippen LogP) is 0.393. The van der Waals surface area contributed by atoms with Gasteiger partial charge >= 0.3 is 6.03 Å². The van der Waals surface area contributed by atoms with Crippen LogP contribution in [0.25, 0.3) is 0 Å². The van der Waals surface area contributed by atoms with Crippen molar-refractivity contribution in [2.45, 2.75) is 0 Å². The molecule has 3 N–H and O–H groups in total. The minimum atomic E-state index is -0.287. The Balaban J connectivity index is 2.32. The minimum absolute atomic E-state index is 0.0450. The average Bonchev–Trinajstić information content (AvgIpc) is 2.33. The van der Waals surface area contributed by atoms with Gasteiger partial charge in [-0.3, -0.25) is 4.79 Å². The van der Waals surface area contributed by atoms with E-state index in [4.69, 9.17) is 0 Å². The SMILES string of the molecule is CN(C)C(=O)NCCNC(=O)c1cccc(O)c1. The van der Waals surface area contributed by atoms with Crippen molar-refractivity contribution in [3.05, 3.63) is 29.8 Å². The van der Waals surface area contributed by atoms with E-state index in [-0.39, 0.29) is 17.7 Å². The van der Waals surface area contributed by atoms with Gasteiger partial charge in [0, 0.05) is 32.7 Å².